The van der Waals surface area contributed by atoms with Crippen LogP contribution in [0.1, 0.15) is 36.7 Å². The first-order chi connectivity index (χ1) is 7.92. The molecule has 0 fully saturated rings. The summed E-state index contributed by atoms with van der Waals surface area (Å²) in [6.45, 7) is 5.42. The fraction of sp³-hybridized carbons (Fsp3) is 0.286. The van der Waals surface area contributed by atoms with Crippen molar-refractivity contribution < 1.29 is 14.3 Å². The number of hydrogen-bond donors (Lipinski definition) is 0. The molecule has 1 rings (SSSR count). The minimum Gasteiger partial charge on any atom is -0.456 e. The van der Waals surface area contributed by atoms with Gasteiger partial charge in [0.2, 0.25) is 0 Å². The predicted molar refractivity (Wildman–Crippen MR) is 64.6 cm³/mol. The average Bonchev–Trinajstić information content (AvgIpc) is 2.24. The molecule has 0 aromatic heterocycles. The summed E-state index contributed by atoms with van der Waals surface area (Å²) in [6, 6.07) is 6.68. The number of ether oxygens (including phenoxy) is 1. The molecule has 1 aromatic rings. The van der Waals surface area contributed by atoms with Crippen LogP contribution < -0.4 is 0 Å². The highest BCUT2D eigenvalue weighted by atomic mass is 16.6. The molecule has 0 saturated carbocycles. The van der Waals surface area contributed by atoms with Crippen LogP contribution in [-0.2, 0) is 9.53 Å². The lowest BCUT2D eigenvalue weighted by molar-refractivity contribution is -0.103. The highest BCUT2D eigenvalue weighted by Crippen LogP contribution is 2.12. The molecular weight excluding hydrogens is 216 g/mol. The van der Waals surface area contributed by atoms with Crippen LogP contribution in [-0.4, -0.2) is 17.9 Å². The van der Waals surface area contributed by atoms with Crippen molar-refractivity contribution in [1.29, 1.82) is 0 Å². The van der Waals surface area contributed by atoms with Crippen molar-refractivity contribution in [2.45, 2.75) is 26.4 Å². The minimum absolute atomic E-state index is 0.396. The van der Waals surface area contributed by atoms with Gasteiger partial charge in [-0.1, -0.05) is 12.0 Å². The first kappa shape index (κ1) is 13.0. The van der Waals surface area contributed by atoms with E-state index in [1.54, 1.807) is 45.0 Å². The second-order valence-corrected chi connectivity index (χ2v) is 4.47. The smallest absolute Gasteiger partial charge is 0.338 e. The Morgan fingerprint density at radius 3 is 2.65 bits per heavy atom. The van der Waals surface area contributed by atoms with Crippen molar-refractivity contribution in [2.24, 2.45) is 0 Å². The molecule has 0 amide bonds. The van der Waals surface area contributed by atoms with Gasteiger partial charge in [0, 0.05) is 5.56 Å². The topological polar surface area (TPSA) is 43.4 Å². The van der Waals surface area contributed by atoms with E-state index in [1.165, 1.54) is 0 Å². The number of rotatable bonds is 1. The fourth-order valence-electron chi connectivity index (χ4n) is 1.17. The van der Waals surface area contributed by atoms with Crippen molar-refractivity contribution >= 4 is 12.3 Å². The molecular formula is C14H14O3. The zero-order valence-corrected chi connectivity index (χ0v) is 10.1. The van der Waals surface area contributed by atoms with Gasteiger partial charge >= 0.3 is 5.97 Å². The molecule has 0 bridgehead atoms. The van der Waals surface area contributed by atoms with E-state index in [2.05, 4.69) is 11.8 Å². The molecule has 0 N–H and O–H groups in total. The third kappa shape index (κ3) is 4.52. The van der Waals surface area contributed by atoms with Crippen LogP contribution in [0.15, 0.2) is 24.3 Å². The summed E-state index contributed by atoms with van der Waals surface area (Å²) in [4.78, 5) is 21.9. The second kappa shape index (κ2) is 5.31. The minimum atomic E-state index is -0.526. The lowest BCUT2D eigenvalue weighted by atomic mass is 10.1. The predicted octanol–water partition coefficient (Wildman–Crippen LogP) is 2.19. The number of hydrogen-bond acceptors (Lipinski definition) is 3. The Hall–Kier alpha value is -2.08. The highest BCUT2D eigenvalue weighted by molar-refractivity contribution is 5.90. The van der Waals surface area contributed by atoms with Gasteiger partial charge in [0.05, 0.1) is 5.56 Å². The van der Waals surface area contributed by atoms with E-state index in [1.807, 2.05) is 0 Å². The number of benzene rings is 1. The van der Waals surface area contributed by atoms with Gasteiger partial charge in [-0.25, -0.2) is 4.79 Å². The Morgan fingerprint density at radius 1 is 1.35 bits per heavy atom. The van der Waals surface area contributed by atoms with Gasteiger partial charge in [-0.05, 0) is 44.9 Å². The summed E-state index contributed by atoms with van der Waals surface area (Å²) in [5, 5.41) is 0. The molecule has 0 spiro atoms. The number of carbonyl (C=O) groups excluding carboxylic acids is 2. The van der Waals surface area contributed by atoms with Gasteiger partial charge in [-0.2, -0.15) is 0 Å². The molecule has 0 aliphatic rings. The van der Waals surface area contributed by atoms with Gasteiger partial charge in [-0.3, -0.25) is 4.79 Å². The molecule has 0 heterocycles. The van der Waals surface area contributed by atoms with Crippen molar-refractivity contribution in [3.63, 3.8) is 0 Å². The summed E-state index contributed by atoms with van der Waals surface area (Å²) < 4.78 is 5.23. The third-order valence-electron chi connectivity index (χ3n) is 1.77. The van der Waals surface area contributed by atoms with Crippen LogP contribution in [0.25, 0.3) is 0 Å². The molecule has 0 radical (unpaired) electrons. The first-order valence-corrected chi connectivity index (χ1v) is 5.21. The Kier molecular flexibility index (Phi) is 4.06. The van der Waals surface area contributed by atoms with Crippen LogP contribution in [0.2, 0.25) is 0 Å². The molecule has 0 unspecified atom stereocenters. The van der Waals surface area contributed by atoms with Gasteiger partial charge < -0.3 is 4.74 Å². The van der Waals surface area contributed by atoms with Crippen molar-refractivity contribution in [3.8, 4) is 11.8 Å². The number of carbonyl (C=O) groups is 2. The molecule has 1 aromatic carbocycles. The van der Waals surface area contributed by atoms with Crippen LogP contribution >= 0.6 is 0 Å². The molecule has 0 atom stereocenters. The SMILES string of the molecule is CC(C)(C)OC(=O)c1cccc(C#CC=O)c1. The molecule has 0 saturated heterocycles. The van der Waals surface area contributed by atoms with Crippen molar-refractivity contribution in [2.75, 3.05) is 0 Å². The fourth-order valence-corrected chi connectivity index (χ4v) is 1.17. The largest absolute Gasteiger partial charge is 0.456 e. The van der Waals surface area contributed by atoms with E-state index in [9.17, 15) is 9.59 Å². The Morgan fingerprint density at radius 2 is 2.06 bits per heavy atom. The summed E-state index contributed by atoms with van der Waals surface area (Å²) in [7, 11) is 0. The Balaban J connectivity index is 2.92. The number of esters is 1. The molecule has 3 heteroatoms. The standard InChI is InChI=1S/C14H14O3/c1-14(2,3)17-13(16)12-8-4-6-11(10-12)7-5-9-15/h4,6,8-10H,1-3H3. The van der Waals surface area contributed by atoms with Crippen molar-refractivity contribution in [3.05, 3.63) is 35.4 Å². The van der Waals surface area contributed by atoms with Crippen LogP contribution in [0, 0.1) is 11.8 Å². The third-order valence-corrected chi connectivity index (χ3v) is 1.77. The zero-order chi connectivity index (χ0) is 12.9. The quantitative estimate of drug-likeness (QED) is 0.422. The normalized spacial score (nSPS) is 10.1. The molecule has 3 nitrogen and oxygen atoms in total. The van der Waals surface area contributed by atoms with Gasteiger partial charge in [-0.15, -0.1) is 0 Å². The van der Waals surface area contributed by atoms with Crippen LogP contribution in [0.5, 0.6) is 0 Å². The number of aldehydes is 1. The highest BCUT2D eigenvalue weighted by Gasteiger charge is 2.17. The van der Waals surface area contributed by atoms with E-state index < -0.39 is 11.6 Å². The second-order valence-electron chi connectivity index (χ2n) is 4.47. The Bertz CT molecular complexity index is 484. The average molecular weight is 230 g/mol. The molecule has 0 aliphatic heterocycles. The summed E-state index contributed by atoms with van der Waals surface area (Å²) in [5.74, 6) is 4.53. The summed E-state index contributed by atoms with van der Waals surface area (Å²) >= 11 is 0. The van der Waals surface area contributed by atoms with E-state index in [0.717, 1.165) is 0 Å². The maximum atomic E-state index is 11.7. The maximum Gasteiger partial charge on any atom is 0.338 e. The first-order valence-electron chi connectivity index (χ1n) is 5.21. The monoisotopic (exact) mass is 230 g/mol. The lowest BCUT2D eigenvalue weighted by Gasteiger charge is -2.19. The molecule has 88 valence electrons. The van der Waals surface area contributed by atoms with Crippen LogP contribution in [0.3, 0.4) is 0 Å². The van der Waals surface area contributed by atoms with E-state index in [0.29, 0.717) is 17.4 Å². The van der Waals surface area contributed by atoms with Gasteiger partial charge in [0.15, 0.2) is 6.29 Å². The summed E-state index contributed by atoms with van der Waals surface area (Å²) in [5.41, 5.74) is 0.514. The molecule has 17 heavy (non-hydrogen) atoms. The Labute approximate surface area is 101 Å². The summed E-state index contributed by atoms with van der Waals surface area (Å²) in [6.07, 6.45) is 0.514. The zero-order valence-electron chi connectivity index (χ0n) is 10.1. The van der Waals surface area contributed by atoms with Gasteiger partial charge in [0.25, 0.3) is 0 Å². The van der Waals surface area contributed by atoms with E-state index >= 15 is 0 Å². The van der Waals surface area contributed by atoms with Gasteiger partial charge in [0.1, 0.15) is 5.60 Å². The van der Waals surface area contributed by atoms with E-state index in [-0.39, 0.29) is 0 Å². The molecule has 0 aliphatic carbocycles. The van der Waals surface area contributed by atoms with E-state index in [4.69, 9.17) is 4.74 Å². The van der Waals surface area contributed by atoms with Crippen molar-refractivity contribution in [1.82, 2.24) is 0 Å². The maximum absolute atomic E-state index is 11.7. The van der Waals surface area contributed by atoms with Crippen LogP contribution in [0.4, 0.5) is 0 Å². The lowest BCUT2D eigenvalue weighted by Crippen LogP contribution is -2.23.